The van der Waals surface area contributed by atoms with Crippen molar-refractivity contribution in [3.8, 4) is 0 Å². The van der Waals surface area contributed by atoms with Crippen molar-refractivity contribution in [1.82, 2.24) is 0 Å². The molecular weight excluding hydrogens is 847 g/mol. The first-order valence-electron chi connectivity index (χ1n) is 22.6. The van der Waals surface area contributed by atoms with E-state index in [9.17, 15) is 60.7 Å². The van der Waals surface area contributed by atoms with E-state index in [1.165, 1.54) is 0 Å². The molecule has 65 heavy (non-hydrogen) atoms. The van der Waals surface area contributed by atoms with E-state index in [-0.39, 0.29) is 37.5 Å². The smallest absolute Gasteiger partial charge is 0.311 e. The van der Waals surface area contributed by atoms with Crippen molar-refractivity contribution in [2.24, 2.45) is 29.4 Å². The van der Waals surface area contributed by atoms with Gasteiger partial charge in [0.05, 0.1) is 67.5 Å². The van der Waals surface area contributed by atoms with Gasteiger partial charge in [-0.2, -0.15) is 0 Å². The molecule has 0 aromatic carbocycles. The molecule has 3 rings (SSSR count). The molecule has 3 aliphatic rings. The molecule has 0 aliphatic carbocycles. The average molecular weight is 922 g/mol. The molecular formula is C48H75NO16. The van der Waals surface area contributed by atoms with E-state index < -0.39 is 141 Å². The molecule has 0 aromatic rings. The maximum atomic E-state index is 12.6. The molecule has 2 saturated heterocycles. The Morgan fingerprint density at radius 1 is 0.662 bits per heavy atom. The molecule has 0 aromatic heterocycles. The van der Waals surface area contributed by atoms with Gasteiger partial charge in [-0.1, -0.05) is 106 Å². The Labute approximate surface area is 382 Å². The van der Waals surface area contributed by atoms with Crippen molar-refractivity contribution in [3.63, 3.8) is 0 Å². The monoisotopic (exact) mass is 922 g/mol. The normalized spacial score (nSPS) is 45.5. The van der Waals surface area contributed by atoms with Crippen molar-refractivity contribution < 1.29 is 79.6 Å². The van der Waals surface area contributed by atoms with Crippen LogP contribution in [0, 0.1) is 23.7 Å². The lowest BCUT2D eigenvalue weighted by molar-refractivity contribution is -0.307. The molecule has 0 spiro atoms. The number of esters is 1. The molecule has 0 amide bonds. The summed E-state index contributed by atoms with van der Waals surface area (Å²) in [5, 5.41) is 108. The zero-order chi connectivity index (χ0) is 48.4. The lowest BCUT2D eigenvalue weighted by atomic mass is 9.82. The Morgan fingerprint density at radius 2 is 1.23 bits per heavy atom. The van der Waals surface area contributed by atoms with Crippen LogP contribution in [0.25, 0.3) is 0 Å². The quantitative estimate of drug-likeness (QED) is 0.180. The van der Waals surface area contributed by atoms with Gasteiger partial charge in [0.15, 0.2) is 12.1 Å². The lowest BCUT2D eigenvalue weighted by Crippen LogP contribution is -2.58. The highest BCUT2D eigenvalue weighted by atomic mass is 16.7. The number of ether oxygens (including phenoxy) is 4. The summed E-state index contributed by atoms with van der Waals surface area (Å²) in [6.45, 7) is 8.84. The average Bonchev–Trinajstić information content (AvgIpc) is 3.21. The van der Waals surface area contributed by atoms with Gasteiger partial charge in [-0.15, -0.1) is 0 Å². The van der Waals surface area contributed by atoms with Crippen LogP contribution in [-0.2, 0) is 28.5 Å². The molecule has 3 aliphatic heterocycles. The van der Waals surface area contributed by atoms with Gasteiger partial charge >= 0.3 is 11.9 Å². The Hall–Kier alpha value is -3.40. The Balaban J connectivity index is 1.86. The van der Waals surface area contributed by atoms with E-state index in [2.05, 4.69) is 0 Å². The number of hydrogen-bond acceptors (Lipinski definition) is 16. The number of hydrogen-bond donors (Lipinski definition) is 11. The molecule has 19 atom stereocenters. The van der Waals surface area contributed by atoms with Gasteiger partial charge in [-0.25, -0.2) is 0 Å². The first-order chi connectivity index (χ1) is 30.6. The number of cyclic esters (lactones) is 1. The van der Waals surface area contributed by atoms with Crippen LogP contribution in [0.5, 0.6) is 0 Å². The minimum Gasteiger partial charge on any atom is -0.481 e. The van der Waals surface area contributed by atoms with E-state index in [1.54, 1.807) is 69.4 Å². The number of allylic oxidation sites excluding steroid dienone is 12. The number of aliphatic hydroxyl groups excluding tert-OH is 8. The molecule has 12 N–H and O–H groups in total. The number of nitrogens with two attached hydrogens (primary N) is 1. The molecule has 0 radical (unpaired) electrons. The van der Waals surface area contributed by atoms with Gasteiger partial charge in [0.1, 0.15) is 18.1 Å². The predicted octanol–water partition coefficient (Wildman–Crippen LogP) is 1.99. The van der Waals surface area contributed by atoms with Gasteiger partial charge in [0.25, 0.3) is 0 Å². The van der Waals surface area contributed by atoms with Crippen molar-refractivity contribution in [3.05, 3.63) is 85.1 Å². The summed E-state index contributed by atoms with van der Waals surface area (Å²) >= 11 is 0. The fraction of sp³-hybridized carbons (Fsp3) is 0.667. The SMILES string of the molecule is C[C@@H]1[C@@H](N)[C@@H](O)C(O[C@H]2/C=C/C=C/C=C/C=C/C=C/C=C/C=C/[C@H](C)[C@@H](O)[C@@H](C)[C@H](C)OC(=O)C[C@H](O)C[C@H](O)CC[C@@H](O)[C@H](O)C[C@H](O)C[C@]3(O)C[C@H](O)[C@@H](C(=O)O)[C@H](C2)O3)O[C@H]1C. The van der Waals surface area contributed by atoms with Crippen LogP contribution in [0.4, 0.5) is 0 Å². The van der Waals surface area contributed by atoms with Gasteiger partial charge in [-0.05, 0) is 39.0 Å². The highest BCUT2D eigenvalue weighted by Crippen LogP contribution is 2.38. The third-order valence-corrected chi connectivity index (χ3v) is 12.5. The lowest BCUT2D eigenvalue weighted by Gasteiger charge is -2.45. The number of aliphatic hydroxyl groups is 9. The van der Waals surface area contributed by atoms with Crippen molar-refractivity contribution in [2.75, 3.05) is 0 Å². The topological polar surface area (TPSA) is 299 Å². The molecule has 368 valence electrons. The Morgan fingerprint density at radius 3 is 1.82 bits per heavy atom. The highest BCUT2D eigenvalue weighted by Gasteiger charge is 2.51. The molecule has 17 heteroatoms. The van der Waals surface area contributed by atoms with E-state index in [0.29, 0.717) is 0 Å². The van der Waals surface area contributed by atoms with Gasteiger partial charge in [0.2, 0.25) is 0 Å². The minimum atomic E-state index is -2.29. The third kappa shape index (κ3) is 18.7. The predicted molar refractivity (Wildman–Crippen MR) is 240 cm³/mol. The number of fused-ring (bicyclic) bond motifs is 2. The van der Waals surface area contributed by atoms with Gasteiger partial charge in [-0.3, -0.25) is 9.59 Å². The standard InChI is InChI=1S/C48H75NO16/c1-28-18-16-14-12-10-8-6-7-9-11-13-15-17-19-36(64-47-45(58)43(49)29(2)31(4)63-47)25-40-42(46(59)60)39(55)27-48(61,65-40)26-35(52)23-38(54)37(53)21-20-33(50)22-34(51)24-41(56)62-32(5)30(3)44(28)57/h6-19,28-40,42-45,47,50-55,57-58,61H,20-27,49H2,1-5H3,(H,59,60)/b7-6+,10-8+,11-9+,14-12+,15-13+,18-16+,19-17+/t28-,29-,30-,31-,32-,33+,34+,35-,36-,37+,38+,39-,40-,42+,43+,44+,45+,47?,48+/m0/s1. The minimum absolute atomic E-state index is 0.0948. The molecule has 0 saturated carbocycles. The van der Waals surface area contributed by atoms with Crippen LogP contribution in [0.1, 0.15) is 86.0 Å². The van der Waals surface area contributed by atoms with E-state index in [1.807, 2.05) is 50.3 Å². The third-order valence-electron chi connectivity index (χ3n) is 12.5. The maximum Gasteiger partial charge on any atom is 0.311 e. The van der Waals surface area contributed by atoms with Gasteiger partial charge < -0.3 is 75.7 Å². The molecule has 17 nitrogen and oxygen atoms in total. The summed E-state index contributed by atoms with van der Waals surface area (Å²) in [5.74, 6) is -6.91. The number of carboxylic acids is 1. The number of aliphatic carboxylic acids is 1. The largest absolute Gasteiger partial charge is 0.481 e. The maximum absolute atomic E-state index is 12.6. The van der Waals surface area contributed by atoms with E-state index >= 15 is 0 Å². The van der Waals surface area contributed by atoms with E-state index in [0.717, 1.165) is 0 Å². The summed E-state index contributed by atoms with van der Waals surface area (Å²) < 4.78 is 23.6. The van der Waals surface area contributed by atoms with Crippen molar-refractivity contribution >= 4 is 11.9 Å². The zero-order valence-electron chi connectivity index (χ0n) is 38.1. The van der Waals surface area contributed by atoms with Crippen molar-refractivity contribution in [1.29, 1.82) is 0 Å². The second-order valence-electron chi connectivity index (χ2n) is 17.9. The fourth-order valence-corrected chi connectivity index (χ4v) is 8.12. The first kappa shape index (κ1) is 55.9. The van der Waals surface area contributed by atoms with Crippen LogP contribution in [0.3, 0.4) is 0 Å². The van der Waals surface area contributed by atoms with Crippen LogP contribution in [0.2, 0.25) is 0 Å². The molecule has 2 fully saturated rings. The number of carboxylic acid groups (broad SMARTS) is 1. The second-order valence-corrected chi connectivity index (χ2v) is 17.9. The van der Waals surface area contributed by atoms with E-state index in [4.69, 9.17) is 24.7 Å². The Bertz CT molecular complexity index is 1660. The number of carbonyl (C=O) groups excluding carboxylic acids is 1. The summed E-state index contributed by atoms with van der Waals surface area (Å²) in [4.78, 5) is 25.1. The molecule has 3 heterocycles. The van der Waals surface area contributed by atoms with Gasteiger partial charge in [0, 0.05) is 43.6 Å². The Kier molecular flexibility index (Phi) is 23.6. The zero-order valence-corrected chi connectivity index (χ0v) is 38.1. The molecule has 1 unspecified atom stereocenters. The highest BCUT2D eigenvalue weighted by molar-refractivity contribution is 5.71. The van der Waals surface area contributed by atoms with Crippen molar-refractivity contribution in [2.45, 2.75) is 177 Å². The summed E-state index contributed by atoms with van der Waals surface area (Å²) in [7, 11) is 0. The van der Waals surface area contributed by atoms with Crippen LogP contribution < -0.4 is 5.73 Å². The number of carbonyl (C=O) groups is 2. The summed E-state index contributed by atoms with van der Waals surface area (Å²) in [5.41, 5.74) is 6.27. The number of rotatable bonds is 3. The first-order valence-corrected chi connectivity index (χ1v) is 22.6. The van der Waals surface area contributed by atoms with Crippen LogP contribution >= 0.6 is 0 Å². The second kappa shape index (κ2) is 27.4. The fourth-order valence-electron chi connectivity index (χ4n) is 8.12. The van der Waals surface area contributed by atoms with Crippen LogP contribution in [0.15, 0.2) is 85.1 Å². The van der Waals surface area contributed by atoms with Crippen LogP contribution in [-0.4, -0.2) is 154 Å². The summed E-state index contributed by atoms with van der Waals surface area (Å²) in [6.07, 6.45) is 6.31. The molecule has 2 bridgehead atoms. The summed E-state index contributed by atoms with van der Waals surface area (Å²) in [6, 6.07) is -0.704.